The zero-order chi connectivity index (χ0) is 18.0. The Bertz CT molecular complexity index is 626. The minimum atomic E-state index is -0.321. The molecule has 0 aliphatic carbocycles. The van der Waals surface area contributed by atoms with E-state index in [1.807, 2.05) is 4.90 Å². The maximum atomic E-state index is 13.3. The highest BCUT2D eigenvalue weighted by Gasteiger charge is 2.40. The first kappa shape index (κ1) is 17.9. The number of piperazine rings is 1. The largest absolute Gasteiger partial charge is 0.340 e. The number of carbonyl (C=O) groups excluding carboxylic acids is 2. The fraction of sp³-hybridized carbons (Fsp3) is 0.579. The lowest BCUT2D eigenvalue weighted by atomic mass is 9.83. The predicted molar refractivity (Wildman–Crippen MR) is 93.3 cm³/mol. The van der Waals surface area contributed by atoms with E-state index in [1.165, 1.54) is 12.1 Å². The highest BCUT2D eigenvalue weighted by atomic mass is 19.1. The molecule has 2 amide bonds. The Morgan fingerprint density at radius 3 is 2.40 bits per heavy atom. The molecule has 2 aliphatic heterocycles. The van der Waals surface area contributed by atoms with Gasteiger partial charge in [0.2, 0.25) is 11.8 Å². The molecule has 0 N–H and O–H groups in total. The molecule has 2 saturated heterocycles. The number of halogens is 1. The Kier molecular flexibility index (Phi) is 5.37. The molecule has 6 heteroatoms. The van der Waals surface area contributed by atoms with Crippen molar-refractivity contribution in [3.05, 3.63) is 35.6 Å². The van der Waals surface area contributed by atoms with Crippen LogP contribution >= 0.6 is 0 Å². The van der Waals surface area contributed by atoms with Crippen molar-refractivity contribution in [3.8, 4) is 0 Å². The monoisotopic (exact) mass is 347 g/mol. The molecule has 0 spiro atoms. The summed E-state index contributed by atoms with van der Waals surface area (Å²) in [6.45, 7) is 6.38. The Hall–Kier alpha value is -1.95. The molecule has 3 rings (SSSR count). The Balaban J connectivity index is 1.81. The number of hydrogen-bond donors (Lipinski definition) is 0. The summed E-state index contributed by atoms with van der Waals surface area (Å²) in [7, 11) is 1.74. The molecule has 2 fully saturated rings. The second-order valence-corrected chi connectivity index (χ2v) is 6.91. The van der Waals surface area contributed by atoms with E-state index < -0.39 is 0 Å². The number of piperidine rings is 1. The third-order valence-corrected chi connectivity index (χ3v) is 5.52. The van der Waals surface area contributed by atoms with Gasteiger partial charge in [0.25, 0.3) is 0 Å². The van der Waals surface area contributed by atoms with Gasteiger partial charge in [-0.25, -0.2) is 4.39 Å². The van der Waals surface area contributed by atoms with E-state index in [4.69, 9.17) is 0 Å². The van der Waals surface area contributed by atoms with Gasteiger partial charge < -0.3 is 14.7 Å². The molecule has 0 radical (unpaired) electrons. The average molecular weight is 347 g/mol. The molecule has 1 aromatic rings. The van der Waals surface area contributed by atoms with Gasteiger partial charge in [0.05, 0.1) is 12.0 Å². The number of nitrogens with zero attached hydrogens (tertiary/aromatic N) is 3. The summed E-state index contributed by atoms with van der Waals surface area (Å²) in [5.41, 5.74) is 0.822. The van der Waals surface area contributed by atoms with Crippen molar-refractivity contribution < 1.29 is 14.0 Å². The highest BCUT2D eigenvalue weighted by Crippen LogP contribution is 2.37. The van der Waals surface area contributed by atoms with Crippen LogP contribution in [0.25, 0.3) is 0 Å². The minimum absolute atomic E-state index is 0.0363. The van der Waals surface area contributed by atoms with Gasteiger partial charge in [0.1, 0.15) is 5.82 Å². The smallest absolute Gasteiger partial charge is 0.228 e. The van der Waals surface area contributed by atoms with Crippen LogP contribution in [0.4, 0.5) is 4.39 Å². The molecule has 5 nitrogen and oxygen atoms in total. The predicted octanol–water partition coefficient (Wildman–Crippen LogP) is 1.90. The molecule has 2 atom stereocenters. The maximum absolute atomic E-state index is 13.3. The summed E-state index contributed by atoms with van der Waals surface area (Å²) < 4.78 is 13.3. The lowest BCUT2D eigenvalue weighted by Gasteiger charge is -2.42. The van der Waals surface area contributed by atoms with Gasteiger partial charge in [-0.1, -0.05) is 19.1 Å². The van der Waals surface area contributed by atoms with Crippen LogP contribution in [0.3, 0.4) is 0 Å². The molecule has 136 valence electrons. The van der Waals surface area contributed by atoms with Crippen LogP contribution < -0.4 is 0 Å². The second kappa shape index (κ2) is 7.52. The lowest BCUT2D eigenvalue weighted by molar-refractivity contribution is -0.147. The summed E-state index contributed by atoms with van der Waals surface area (Å²) in [6, 6.07) is 5.83. The maximum Gasteiger partial charge on any atom is 0.228 e. The van der Waals surface area contributed by atoms with Crippen molar-refractivity contribution in [1.82, 2.24) is 14.7 Å². The fourth-order valence-corrected chi connectivity index (χ4v) is 3.93. The van der Waals surface area contributed by atoms with Crippen LogP contribution in [0.15, 0.2) is 24.3 Å². The molecular weight excluding hydrogens is 321 g/mol. The molecule has 25 heavy (non-hydrogen) atoms. The first-order valence-electron chi connectivity index (χ1n) is 9.03. The average Bonchev–Trinajstić information content (AvgIpc) is 2.64. The van der Waals surface area contributed by atoms with Crippen LogP contribution in [-0.2, 0) is 9.59 Å². The molecule has 2 heterocycles. The van der Waals surface area contributed by atoms with E-state index in [2.05, 4.69) is 11.8 Å². The second-order valence-electron chi connectivity index (χ2n) is 6.91. The number of benzene rings is 1. The standard InChI is InChI=1S/C19H26FN3O2/c1-3-22-10-12-23(13-11-22)19(25)16-8-9-17(24)21(2)18(16)14-4-6-15(20)7-5-14/h4-7,16,18H,3,8-13H2,1-2H3/t16-,18+/m0/s1. The van der Waals surface area contributed by atoms with E-state index in [0.29, 0.717) is 12.8 Å². The van der Waals surface area contributed by atoms with Crippen molar-refractivity contribution in [3.63, 3.8) is 0 Å². The van der Waals surface area contributed by atoms with Crippen molar-refractivity contribution in [2.45, 2.75) is 25.8 Å². The van der Waals surface area contributed by atoms with Gasteiger partial charge in [-0.15, -0.1) is 0 Å². The number of rotatable bonds is 3. The number of likely N-dealkylation sites (tertiary alicyclic amines) is 1. The van der Waals surface area contributed by atoms with Crippen molar-refractivity contribution in [1.29, 1.82) is 0 Å². The third kappa shape index (κ3) is 3.68. The normalized spacial score (nSPS) is 25.3. The SMILES string of the molecule is CCN1CCN(C(=O)[C@H]2CCC(=O)N(C)[C@@H]2c2ccc(F)cc2)CC1. The Labute approximate surface area is 148 Å². The van der Waals surface area contributed by atoms with Crippen LogP contribution in [0, 0.1) is 11.7 Å². The molecule has 0 aromatic heterocycles. The van der Waals surface area contributed by atoms with Crippen LogP contribution in [0.1, 0.15) is 31.4 Å². The third-order valence-electron chi connectivity index (χ3n) is 5.52. The number of carbonyl (C=O) groups is 2. The van der Waals surface area contributed by atoms with E-state index in [1.54, 1.807) is 24.1 Å². The van der Waals surface area contributed by atoms with Gasteiger partial charge in [-0.2, -0.15) is 0 Å². The van der Waals surface area contributed by atoms with Crippen molar-refractivity contribution in [2.24, 2.45) is 5.92 Å². The van der Waals surface area contributed by atoms with Gasteiger partial charge in [0.15, 0.2) is 0 Å². The summed E-state index contributed by atoms with van der Waals surface area (Å²) in [5.74, 6) is -0.424. The molecule has 0 unspecified atom stereocenters. The first-order chi connectivity index (χ1) is 12.0. The Morgan fingerprint density at radius 1 is 1.16 bits per heavy atom. The topological polar surface area (TPSA) is 43.9 Å². The van der Waals surface area contributed by atoms with Gasteiger partial charge in [0, 0.05) is 39.6 Å². The summed E-state index contributed by atoms with van der Waals surface area (Å²) in [6.07, 6.45) is 0.942. The lowest BCUT2D eigenvalue weighted by Crippen LogP contribution is -2.53. The first-order valence-corrected chi connectivity index (χ1v) is 9.03. The summed E-state index contributed by atoms with van der Waals surface area (Å²) >= 11 is 0. The highest BCUT2D eigenvalue weighted by molar-refractivity contribution is 5.85. The molecule has 2 aliphatic rings. The molecule has 1 aromatic carbocycles. The fourth-order valence-electron chi connectivity index (χ4n) is 3.93. The van der Waals surface area contributed by atoms with E-state index in [9.17, 15) is 14.0 Å². The molecular formula is C19H26FN3O2. The zero-order valence-electron chi connectivity index (χ0n) is 14.9. The van der Waals surface area contributed by atoms with Crippen LogP contribution in [0.5, 0.6) is 0 Å². The quantitative estimate of drug-likeness (QED) is 0.839. The minimum Gasteiger partial charge on any atom is -0.340 e. The van der Waals surface area contributed by atoms with E-state index in [0.717, 1.165) is 38.3 Å². The number of likely N-dealkylation sites (N-methyl/N-ethyl adjacent to an activating group) is 1. The van der Waals surface area contributed by atoms with Crippen LogP contribution in [0.2, 0.25) is 0 Å². The zero-order valence-corrected chi connectivity index (χ0v) is 14.9. The van der Waals surface area contributed by atoms with Crippen molar-refractivity contribution in [2.75, 3.05) is 39.8 Å². The van der Waals surface area contributed by atoms with E-state index >= 15 is 0 Å². The van der Waals surface area contributed by atoms with Crippen molar-refractivity contribution >= 4 is 11.8 Å². The summed E-state index contributed by atoms with van der Waals surface area (Å²) in [5, 5.41) is 0. The van der Waals surface area contributed by atoms with E-state index in [-0.39, 0.29) is 29.6 Å². The number of amides is 2. The molecule has 0 bridgehead atoms. The van der Waals surface area contributed by atoms with Gasteiger partial charge in [-0.05, 0) is 30.7 Å². The van der Waals surface area contributed by atoms with Gasteiger partial charge >= 0.3 is 0 Å². The summed E-state index contributed by atoms with van der Waals surface area (Å²) in [4.78, 5) is 31.3. The Morgan fingerprint density at radius 2 is 1.80 bits per heavy atom. The molecule has 0 saturated carbocycles. The van der Waals surface area contributed by atoms with Crippen LogP contribution in [-0.4, -0.2) is 66.3 Å². The van der Waals surface area contributed by atoms with Gasteiger partial charge in [-0.3, -0.25) is 9.59 Å². The number of hydrogen-bond acceptors (Lipinski definition) is 3.